The summed E-state index contributed by atoms with van der Waals surface area (Å²) in [5, 5.41) is 0. The number of halogens is 2. The highest BCUT2D eigenvalue weighted by molar-refractivity contribution is 9.12. The Morgan fingerprint density at radius 2 is 1.67 bits per heavy atom. The largest absolute Gasteiger partial charge is 0.456 e. The molecule has 7 atom stereocenters. The lowest BCUT2D eigenvalue weighted by Gasteiger charge is -2.28. The molecule has 2 aliphatic carbocycles. The van der Waals surface area contributed by atoms with E-state index in [-0.39, 0.29) is 50.9 Å². The second kappa shape index (κ2) is 7.86. The van der Waals surface area contributed by atoms with Gasteiger partial charge in [0.1, 0.15) is 6.04 Å². The number of amides is 2. The summed E-state index contributed by atoms with van der Waals surface area (Å²) in [6, 6.07) is 4.45. The van der Waals surface area contributed by atoms with Gasteiger partial charge in [0.25, 0.3) is 0 Å². The Bertz CT molecular complexity index is 915. The molecule has 1 saturated heterocycles. The minimum absolute atomic E-state index is 0.0833. The molecule has 8 heteroatoms. The summed E-state index contributed by atoms with van der Waals surface area (Å²) in [7, 11) is 0. The Labute approximate surface area is 192 Å². The summed E-state index contributed by atoms with van der Waals surface area (Å²) < 4.78 is 5.20. The van der Waals surface area contributed by atoms with Crippen LogP contribution in [0.4, 0.5) is 0 Å². The standard InChI is InChI=1S/C22H23Br2NO5/c1-9-4-5-10(2)12(6-9)15(26)8-30-22(29)11(3)25-20(27)16-13-7-14(17(16)21(25)28)19(24)18(13)23/h4-6,11,13-14,16-19H,7-8H2,1-3H3/t11-,13+,14+,16+,17+,18-,19-/m0/s1. The molecule has 1 aromatic rings. The maximum Gasteiger partial charge on any atom is 0.329 e. The van der Waals surface area contributed by atoms with Gasteiger partial charge in [-0.3, -0.25) is 19.3 Å². The number of Topliss-reactive ketones (excluding diaryl/α,β-unsaturated/α-hetero) is 1. The molecule has 0 spiro atoms. The molecule has 3 fully saturated rings. The molecular formula is C22H23Br2NO5. The van der Waals surface area contributed by atoms with Gasteiger partial charge in [-0.1, -0.05) is 49.6 Å². The highest BCUT2D eigenvalue weighted by Gasteiger charge is 2.67. The number of esters is 1. The van der Waals surface area contributed by atoms with E-state index in [1.165, 1.54) is 6.92 Å². The highest BCUT2D eigenvalue weighted by Crippen LogP contribution is 2.60. The molecule has 0 N–H and O–H groups in total. The minimum atomic E-state index is -1.05. The number of carbonyl (C=O) groups is 4. The van der Waals surface area contributed by atoms with Gasteiger partial charge < -0.3 is 4.74 Å². The number of rotatable bonds is 5. The zero-order valence-corrected chi connectivity index (χ0v) is 20.1. The number of likely N-dealkylation sites (tertiary alicyclic amines) is 1. The topological polar surface area (TPSA) is 80.8 Å². The normalized spacial score (nSPS) is 33.0. The van der Waals surface area contributed by atoms with Crippen molar-refractivity contribution in [2.45, 2.75) is 42.9 Å². The molecule has 1 aromatic carbocycles. The average Bonchev–Trinajstić information content (AvgIpc) is 3.32. The number of carbonyl (C=O) groups excluding carboxylic acids is 4. The highest BCUT2D eigenvalue weighted by atomic mass is 79.9. The first-order chi connectivity index (χ1) is 14.1. The summed E-state index contributed by atoms with van der Waals surface area (Å²) >= 11 is 7.29. The molecule has 6 nitrogen and oxygen atoms in total. The van der Waals surface area contributed by atoms with Crippen molar-refractivity contribution >= 4 is 55.4 Å². The molecule has 3 aliphatic rings. The molecule has 160 valence electrons. The summed E-state index contributed by atoms with van der Waals surface area (Å²) in [6.07, 6.45) is 0.829. The van der Waals surface area contributed by atoms with Crippen LogP contribution in [-0.4, -0.2) is 50.8 Å². The van der Waals surface area contributed by atoms with Gasteiger partial charge in [0, 0.05) is 15.2 Å². The van der Waals surface area contributed by atoms with E-state index < -0.39 is 18.6 Å². The quantitative estimate of drug-likeness (QED) is 0.248. The fourth-order valence-electron chi connectivity index (χ4n) is 5.23. The number of hydrogen-bond donors (Lipinski definition) is 0. The maximum atomic E-state index is 13.0. The number of fused-ring (bicyclic) bond motifs is 5. The third-order valence-electron chi connectivity index (χ3n) is 6.79. The van der Waals surface area contributed by atoms with Crippen molar-refractivity contribution in [1.82, 2.24) is 4.90 Å². The number of aryl methyl sites for hydroxylation is 2. The van der Waals surface area contributed by atoms with Gasteiger partial charge in [-0.05, 0) is 50.7 Å². The Kier molecular flexibility index (Phi) is 5.68. The number of ketones is 1. The van der Waals surface area contributed by atoms with Gasteiger partial charge in [0.2, 0.25) is 17.6 Å². The molecular weight excluding hydrogens is 518 g/mol. The Balaban J connectivity index is 1.43. The second-order valence-corrected chi connectivity index (χ2v) is 10.7. The van der Waals surface area contributed by atoms with Crippen LogP contribution in [0.1, 0.15) is 34.8 Å². The average molecular weight is 541 g/mol. The predicted molar refractivity (Wildman–Crippen MR) is 117 cm³/mol. The summed E-state index contributed by atoms with van der Waals surface area (Å²) in [5.41, 5.74) is 2.24. The van der Waals surface area contributed by atoms with Crippen molar-refractivity contribution in [3.05, 3.63) is 34.9 Å². The number of ether oxygens (including phenoxy) is 1. The monoisotopic (exact) mass is 539 g/mol. The fourth-order valence-corrected chi connectivity index (χ4v) is 7.10. The van der Waals surface area contributed by atoms with Crippen molar-refractivity contribution in [2.24, 2.45) is 23.7 Å². The molecule has 1 heterocycles. The van der Waals surface area contributed by atoms with E-state index >= 15 is 0 Å². The number of hydrogen-bond acceptors (Lipinski definition) is 5. The smallest absolute Gasteiger partial charge is 0.329 e. The van der Waals surface area contributed by atoms with E-state index in [9.17, 15) is 19.2 Å². The van der Waals surface area contributed by atoms with Gasteiger partial charge in [0.15, 0.2) is 6.61 Å². The number of alkyl halides is 2. The Morgan fingerprint density at radius 1 is 1.10 bits per heavy atom. The van der Waals surface area contributed by atoms with Crippen molar-refractivity contribution in [2.75, 3.05) is 6.61 Å². The lowest BCUT2D eigenvalue weighted by atomic mass is 9.81. The first kappa shape index (κ1) is 21.7. The molecule has 2 bridgehead atoms. The third-order valence-corrected chi connectivity index (χ3v) is 10.00. The van der Waals surface area contributed by atoms with Crippen molar-refractivity contribution in [1.29, 1.82) is 0 Å². The molecule has 1 aliphatic heterocycles. The van der Waals surface area contributed by atoms with Gasteiger partial charge in [-0.25, -0.2) is 4.79 Å². The van der Waals surface area contributed by atoms with Crippen molar-refractivity contribution in [3.63, 3.8) is 0 Å². The summed E-state index contributed by atoms with van der Waals surface area (Å²) in [5.74, 6) is -2.25. The van der Waals surface area contributed by atoms with Crippen LogP contribution >= 0.6 is 31.9 Å². The second-order valence-electron chi connectivity index (χ2n) is 8.58. The van der Waals surface area contributed by atoms with E-state index in [0.29, 0.717) is 5.56 Å². The first-order valence-corrected chi connectivity index (χ1v) is 11.9. The van der Waals surface area contributed by atoms with Crippen molar-refractivity contribution in [3.8, 4) is 0 Å². The lowest BCUT2D eigenvalue weighted by molar-refractivity contribution is -0.157. The summed E-state index contributed by atoms with van der Waals surface area (Å²) in [6.45, 7) is 4.77. The molecule has 2 saturated carbocycles. The zero-order chi connectivity index (χ0) is 21.9. The SMILES string of the molecule is Cc1ccc(C)c(C(=O)COC(=O)[C@H](C)N2C(=O)[C@@H]3[C@H]4C[C@@H]([C@H](Br)[C@H]4Br)[C@H]3C2=O)c1. The molecule has 0 aromatic heterocycles. The third kappa shape index (κ3) is 3.27. The van der Waals surface area contributed by atoms with Gasteiger partial charge >= 0.3 is 5.97 Å². The molecule has 4 rings (SSSR count). The molecule has 0 unspecified atom stereocenters. The van der Waals surface area contributed by atoms with Gasteiger partial charge in [-0.15, -0.1) is 0 Å². The van der Waals surface area contributed by atoms with Crippen LogP contribution in [0.25, 0.3) is 0 Å². The molecule has 0 radical (unpaired) electrons. The van der Waals surface area contributed by atoms with Crippen LogP contribution in [-0.2, 0) is 19.1 Å². The number of imide groups is 1. The van der Waals surface area contributed by atoms with Crippen LogP contribution in [0.5, 0.6) is 0 Å². The Hall–Kier alpha value is -1.54. The number of benzene rings is 1. The predicted octanol–water partition coefficient (Wildman–Crippen LogP) is 3.20. The van der Waals surface area contributed by atoms with Crippen LogP contribution in [0, 0.1) is 37.5 Å². The zero-order valence-electron chi connectivity index (χ0n) is 16.9. The molecule has 30 heavy (non-hydrogen) atoms. The van der Waals surface area contributed by atoms with E-state index in [4.69, 9.17) is 4.74 Å². The van der Waals surface area contributed by atoms with Crippen LogP contribution in [0.15, 0.2) is 18.2 Å². The van der Waals surface area contributed by atoms with Crippen LogP contribution < -0.4 is 0 Å². The van der Waals surface area contributed by atoms with Crippen molar-refractivity contribution < 1.29 is 23.9 Å². The lowest BCUT2D eigenvalue weighted by Crippen LogP contribution is -2.45. The summed E-state index contributed by atoms with van der Waals surface area (Å²) in [4.78, 5) is 52.5. The first-order valence-electron chi connectivity index (χ1n) is 10.1. The van der Waals surface area contributed by atoms with Crippen LogP contribution in [0.3, 0.4) is 0 Å². The van der Waals surface area contributed by atoms with E-state index in [1.807, 2.05) is 26.0 Å². The Morgan fingerprint density at radius 3 is 2.23 bits per heavy atom. The minimum Gasteiger partial charge on any atom is -0.456 e. The van der Waals surface area contributed by atoms with Gasteiger partial charge in [0.05, 0.1) is 11.8 Å². The number of nitrogens with zero attached hydrogens (tertiary/aromatic N) is 1. The van der Waals surface area contributed by atoms with Crippen LogP contribution in [0.2, 0.25) is 0 Å². The fraction of sp³-hybridized carbons (Fsp3) is 0.545. The van der Waals surface area contributed by atoms with E-state index in [2.05, 4.69) is 31.9 Å². The molecule has 2 amide bonds. The van der Waals surface area contributed by atoms with Gasteiger partial charge in [-0.2, -0.15) is 0 Å². The maximum absolute atomic E-state index is 13.0. The van der Waals surface area contributed by atoms with E-state index in [0.717, 1.165) is 22.4 Å². The van der Waals surface area contributed by atoms with E-state index in [1.54, 1.807) is 6.07 Å².